The second kappa shape index (κ2) is 8.94. The fraction of sp³-hybridized carbons (Fsp3) is 0.500. The fourth-order valence-corrected chi connectivity index (χ4v) is 0. The SMILES string of the molecule is [CH2-]CP.[Pd]. The second-order valence-corrected chi connectivity index (χ2v) is 0.866. The maximum Gasteiger partial charge on any atom is 0 e. The quantitative estimate of drug-likeness (QED) is 0.283. The molecule has 0 aromatic rings. The summed E-state index contributed by atoms with van der Waals surface area (Å²) >= 11 is 0. The first-order valence-electron chi connectivity index (χ1n) is 0.908. The first kappa shape index (κ1) is 8.92. The monoisotopic (exact) mass is 167 g/mol. The van der Waals surface area contributed by atoms with Crippen molar-refractivity contribution in [3.05, 3.63) is 6.92 Å². The summed E-state index contributed by atoms with van der Waals surface area (Å²) in [4.78, 5) is 0. The molecule has 4 heavy (non-hydrogen) atoms. The summed E-state index contributed by atoms with van der Waals surface area (Å²) in [6.45, 7) is 3.45. The van der Waals surface area contributed by atoms with Crippen molar-refractivity contribution in [2.45, 2.75) is 0 Å². The molecule has 0 heterocycles. The third-order valence-electron chi connectivity index (χ3n) is 0. The van der Waals surface area contributed by atoms with Crippen LogP contribution in [0.4, 0.5) is 0 Å². The van der Waals surface area contributed by atoms with E-state index >= 15 is 0 Å². The molecule has 2 heteroatoms. The molecule has 0 radical (unpaired) electrons. The normalized spacial score (nSPS) is 4.50. The van der Waals surface area contributed by atoms with Gasteiger partial charge in [-0.1, -0.05) is 0 Å². The Hall–Kier alpha value is 1.09. The van der Waals surface area contributed by atoms with E-state index in [9.17, 15) is 0 Å². The summed E-state index contributed by atoms with van der Waals surface area (Å²) in [5, 5.41) is 0. The van der Waals surface area contributed by atoms with Gasteiger partial charge < -0.3 is 6.92 Å². The molecule has 0 spiro atoms. The summed E-state index contributed by atoms with van der Waals surface area (Å²) in [7, 11) is 2.47. The minimum absolute atomic E-state index is 0. The van der Waals surface area contributed by atoms with Crippen LogP contribution in [-0.2, 0) is 20.4 Å². The van der Waals surface area contributed by atoms with Crippen molar-refractivity contribution in [1.82, 2.24) is 0 Å². The Kier molecular flexibility index (Phi) is 19.9. The molecule has 0 aliphatic heterocycles. The molecule has 1 atom stereocenters. The van der Waals surface area contributed by atoms with Crippen molar-refractivity contribution < 1.29 is 20.4 Å². The molecule has 0 rings (SSSR count). The summed E-state index contributed by atoms with van der Waals surface area (Å²) in [5.74, 6) is 0. The fourth-order valence-electron chi connectivity index (χ4n) is 0. The molecule has 0 aromatic heterocycles. The van der Waals surface area contributed by atoms with Crippen LogP contribution in [0.3, 0.4) is 0 Å². The van der Waals surface area contributed by atoms with Crippen LogP contribution < -0.4 is 0 Å². The van der Waals surface area contributed by atoms with Crippen molar-refractivity contribution >= 4 is 9.24 Å². The maximum absolute atomic E-state index is 3.45. The van der Waals surface area contributed by atoms with Crippen LogP contribution >= 0.6 is 9.24 Å². The third-order valence-corrected chi connectivity index (χ3v) is 0. The molecule has 0 aliphatic rings. The van der Waals surface area contributed by atoms with E-state index in [0.717, 1.165) is 6.16 Å². The van der Waals surface area contributed by atoms with Gasteiger partial charge in [0, 0.05) is 20.4 Å². The van der Waals surface area contributed by atoms with E-state index in [1.165, 1.54) is 0 Å². The van der Waals surface area contributed by atoms with Gasteiger partial charge in [-0.25, -0.2) is 0 Å². The van der Waals surface area contributed by atoms with E-state index in [0.29, 0.717) is 0 Å². The van der Waals surface area contributed by atoms with Gasteiger partial charge in [-0.3, -0.25) is 0 Å². The Morgan fingerprint density at radius 1 is 1.75 bits per heavy atom. The Morgan fingerprint density at radius 2 is 1.75 bits per heavy atom. The molecule has 0 N–H and O–H groups in total. The third kappa shape index (κ3) is 11.3. The number of rotatable bonds is 0. The first-order chi connectivity index (χ1) is 1.41. The van der Waals surface area contributed by atoms with E-state index in [-0.39, 0.29) is 20.4 Å². The van der Waals surface area contributed by atoms with Crippen molar-refractivity contribution in [2.24, 2.45) is 0 Å². The molecular weight excluding hydrogens is 161 g/mol. The maximum atomic E-state index is 3.45. The van der Waals surface area contributed by atoms with E-state index in [1.807, 2.05) is 0 Å². The van der Waals surface area contributed by atoms with Crippen molar-refractivity contribution in [1.29, 1.82) is 0 Å². The summed E-state index contributed by atoms with van der Waals surface area (Å²) in [6, 6.07) is 0. The van der Waals surface area contributed by atoms with E-state index in [2.05, 4.69) is 16.2 Å². The average Bonchev–Trinajstić information content (AvgIpc) is 0.918. The van der Waals surface area contributed by atoms with Gasteiger partial charge in [-0.15, -0.1) is 0 Å². The molecule has 0 aliphatic carbocycles. The Labute approximate surface area is 43.2 Å². The van der Waals surface area contributed by atoms with E-state index in [4.69, 9.17) is 0 Å². The Bertz CT molecular complexity index is 6.00. The molecule has 30 valence electrons. The minimum Gasteiger partial charge on any atom is -0.340 e. The van der Waals surface area contributed by atoms with Gasteiger partial charge >= 0.3 is 0 Å². The molecular formula is C2H6PPd-. The number of hydrogen-bond acceptors (Lipinski definition) is 0. The largest absolute Gasteiger partial charge is 0.340 e. The minimum atomic E-state index is 0. The summed E-state index contributed by atoms with van der Waals surface area (Å²) in [6.07, 6.45) is 0.917. The topological polar surface area (TPSA) is 0 Å². The van der Waals surface area contributed by atoms with Gasteiger partial charge in [0.05, 0.1) is 0 Å². The van der Waals surface area contributed by atoms with Gasteiger partial charge in [0.25, 0.3) is 0 Å². The molecule has 0 bridgehead atoms. The van der Waals surface area contributed by atoms with Crippen LogP contribution in [-0.4, -0.2) is 6.16 Å². The number of hydrogen-bond donors (Lipinski definition) is 0. The Balaban J connectivity index is 0. The molecule has 0 fully saturated rings. The van der Waals surface area contributed by atoms with Crippen LogP contribution in [0.15, 0.2) is 0 Å². The predicted molar refractivity (Wildman–Crippen MR) is 19.9 cm³/mol. The van der Waals surface area contributed by atoms with E-state index < -0.39 is 0 Å². The standard InChI is InChI=1S/C2H6P.Pd/c1-2-3;/h1-3H2;/q-1;. The Morgan fingerprint density at radius 3 is 1.75 bits per heavy atom. The van der Waals surface area contributed by atoms with Gasteiger partial charge in [0.2, 0.25) is 0 Å². The zero-order valence-corrected chi connectivity index (χ0v) is 5.02. The summed E-state index contributed by atoms with van der Waals surface area (Å²) < 4.78 is 0. The molecule has 0 aromatic carbocycles. The van der Waals surface area contributed by atoms with Crippen LogP contribution in [0.25, 0.3) is 0 Å². The van der Waals surface area contributed by atoms with Crippen LogP contribution in [0.1, 0.15) is 0 Å². The summed E-state index contributed by atoms with van der Waals surface area (Å²) in [5.41, 5.74) is 0. The smallest absolute Gasteiger partial charge is 0 e. The average molecular weight is 167 g/mol. The molecule has 1 unspecified atom stereocenters. The molecule has 0 saturated heterocycles. The van der Waals surface area contributed by atoms with E-state index in [1.54, 1.807) is 0 Å². The van der Waals surface area contributed by atoms with Gasteiger partial charge in [0.1, 0.15) is 0 Å². The molecule has 0 amide bonds. The zero-order valence-electron chi connectivity index (χ0n) is 2.31. The van der Waals surface area contributed by atoms with Crippen molar-refractivity contribution in [2.75, 3.05) is 6.16 Å². The van der Waals surface area contributed by atoms with Crippen LogP contribution in [0, 0.1) is 6.92 Å². The molecule has 0 nitrogen and oxygen atoms in total. The molecule has 0 saturated carbocycles. The predicted octanol–water partition coefficient (Wildman–Crippen LogP) is 0.693. The van der Waals surface area contributed by atoms with Crippen molar-refractivity contribution in [3.63, 3.8) is 0 Å². The van der Waals surface area contributed by atoms with Crippen LogP contribution in [0.5, 0.6) is 0 Å². The second-order valence-electron chi connectivity index (χ2n) is 0.289. The van der Waals surface area contributed by atoms with Gasteiger partial charge in [0.15, 0.2) is 0 Å². The van der Waals surface area contributed by atoms with Crippen LogP contribution in [0.2, 0.25) is 0 Å². The zero-order chi connectivity index (χ0) is 2.71. The van der Waals surface area contributed by atoms with Crippen molar-refractivity contribution in [3.8, 4) is 0 Å². The van der Waals surface area contributed by atoms with Gasteiger partial charge in [-0.2, -0.15) is 15.4 Å². The van der Waals surface area contributed by atoms with Gasteiger partial charge in [-0.05, 0) is 0 Å². The first-order valence-corrected chi connectivity index (χ1v) is 1.72.